The van der Waals surface area contributed by atoms with Gasteiger partial charge in [0.05, 0.1) is 12.7 Å². The van der Waals surface area contributed by atoms with Gasteiger partial charge in [-0.05, 0) is 24.6 Å². The standard InChI is InChI=1S/C18H16N4O3/c1-10-13-7-11(8-19-16(13)21-20-10)17(23)22-9-14(18(24)25-2)12-5-3-4-6-15(12)22/h3-8,14H,9H2,1-2H3,(H,19,20,21)/t14-/m1/s1. The zero-order valence-corrected chi connectivity index (χ0v) is 13.8. The molecule has 1 N–H and O–H groups in total. The summed E-state index contributed by atoms with van der Waals surface area (Å²) in [6.45, 7) is 2.14. The molecular weight excluding hydrogens is 320 g/mol. The topological polar surface area (TPSA) is 88.2 Å². The Morgan fingerprint density at radius 1 is 1.32 bits per heavy atom. The number of nitrogens with zero attached hydrogens (tertiary/aromatic N) is 3. The van der Waals surface area contributed by atoms with Crippen molar-refractivity contribution in [3.05, 3.63) is 53.3 Å². The lowest BCUT2D eigenvalue weighted by Gasteiger charge is -2.17. The summed E-state index contributed by atoms with van der Waals surface area (Å²) in [6, 6.07) is 9.17. The molecule has 0 aliphatic carbocycles. The average Bonchev–Trinajstić information content (AvgIpc) is 3.21. The predicted octanol–water partition coefficient (Wildman–Crippen LogP) is 2.18. The minimum absolute atomic E-state index is 0.200. The highest BCUT2D eigenvalue weighted by molar-refractivity contribution is 6.09. The van der Waals surface area contributed by atoms with E-state index in [2.05, 4.69) is 15.2 Å². The Balaban J connectivity index is 1.74. The van der Waals surface area contributed by atoms with E-state index in [0.29, 0.717) is 11.2 Å². The van der Waals surface area contributed by atoms with E-state index in [0.717, 1.165) is 22.3 Å². The van der Waals surface area contributed by atoms with Crippen molar-refractivity contribution in [2.24, 2.45) is 0 Å². The van der Waals surface area contributed by atoms with E-state index in [4.69, 9.17) is 4.74 Å². The molecule has 2 aromatic heterocycles. The third kappa shape index (κ3) is 2.36. The van der Waals surface area contributed by atoms with E-state index in [-0.39, 0.29) is 18.4 Å². The van der Waals surface area contributed by atoms with E-state index in [1.54, 1.807) is 11.0 Å². The van der Waals surface area contributed by atoms with Crippen LogP contribution in [0.2, 0.25) is 0 Å². The first-order valence-corrected chi connectivity index (χ1v) is 7.89. The van der Waals surface area contributed by atoms with Crippen LogP contribution in [-0.4, -0.2) is 40.7 Å². The number of fused-ring (bicyclic) bond motifs is 2. The minimum Gasteiger partial charge on any atom is -0.468 e. The number of amides is 1. The maximum absolute atomic E-state index is 13.0. The molecule has 0 bridgehead atoms. The number of aryl methyl sites for hydroxylation is 1. The van der Waals surface area contributed by atoms with Crippen LogP contribution < -0.4 is 4.90 Å². The number of aromatic amines is 1. The number of carbonyl (C=O) groups is 2. The number of methoxy groups -OCH3 is 1. The van der Waals surface area contributed by atoms with Gasteiger partial charge in [-0.2, -0.15) is 5.10 Å². The van der Waals surface area contributed by atoms with E-state index in [1.807, 2.05) is 31.2 Å². The van der Waals surface area contributed by atoms with Gasteiger partial charge in [0.25, 0.3) is 5.91 Å². The first-order valence-electron chi connectivity index (χ1n) is 7.89. The quantitative estimate of drug-likeness (QED) is 0.725. The van der Waals surface area contributed by atoms with E-state index in [9.17, 15) is 9.59 Å². The van der Waals surface area contributed by atoms with Gasteiger partial charge in [-0.3, -0.25) is 14.7 Å². The number of benzene rings is 1. The zero-order chi connectivity index (χ0) is 17.6. The highest BCUT2D eigenvalue weighted by atomic mass is 16.5. The number of ether oxygens (including phenoxy) is 1. The maximum Gasteiger partial charge on any atom is 0.315 e. The van der Waals surface area contributed by atoms with Crippen LogP contribution in [0.25, 0.3) is 11.0 Å². The Kier molecular flexibility index (Phi) is 3.49. The number of pyridine rings is 1. The van der Waals surface area contributed by atoms with E-state index < -0.39 is 5.92 Å². The summed E-state index contributed by atoms with van der Waals surface area (Å²) in [5, 5.41) is 7.74. The van der Waals surface area contributed by atoms with E-state index in [1.165, 1.54) is 13.3 Å². The van der Waals surface area contributed by atoms with Crippen molar-refractivity contribution in [3.8, 4) is 0 Å². The van der Waals surface area contributed by atoms with Crippen LogP contribution in [-0.2, 0) is 9.53 Å². The molecule has 3 aromatic rings. The fraction of sp³-hybridized carbons (Fsp3) is 0.222. The first-order chi connectivity index (χ1) is 12.1. The molecule has 1 atom stereocenters. The van der Waals surface area contributed by atoms with Gasteiger partial charge in [0.2, 0.25) is 0 Å². The van der Waals surface area contributed by atoms with Gasteiger partial charge in [-0.15, -0.1) is 0 Å². The molecular formula is C18H16N4O3. The van der Waals surface area contributed by atoms with Crippen molar-refractivity contribution >= 4 is 28.6 Å². The summed E-state index contributed by atoms with van der Waals surface area (Å²) in [7, 11) is 1.36. The molecule has 0 spiro atoms. The van der Waals surface area contributed by atoms with Gasteiger partial charge >= 0.3 is 5.97 Å². The Bertz CT molecular complexity index is 995. The Morgan fingerprint density at radius 3 is 2.92 bits per heavy atom. The van der Waals surface area contributed by atoms with Crippen molar-refractivity contribution in [3.63, 3.8) is 0 Å². The number of hydrogen-bond donors (Lipinski definition) is 1. The molecule has 126 valence electrons. The van der Waals surface area contributed by atoms with Crippen molar-refractivity contribution in [2.75, 3.05) is 18.6 Å². The van der Waals surface area contributed by atoms with Gasteiger partial charge in [0.1, 0.15) is 5.92 Å². The normalized spacial score (nSPS) is 16.1. The fourth-order valence-electron chi connectivity index (χ4n) is 3.24. The van der Waals surface area contributed by atoms with Gasteiger partial charge in [0, 0.05) is 29.5 Å². The number of hydrogen-bond acceptors (Lipinski definition) is 5. The predicted molar refractivity (Wildman–Crippen MR) is 91.5 cm³/mol. The van der Waals surface area contributed by atoms with Crippen LogP contribution in [0.3, 0.4) is 0 Å². The zero-order valence-electron chi connectivity index (χ0n) is 13.8. The number of nitrogens with one attached hydrogen (secondary N) is 1. The van der Waals surface area contributed by atoms with Gasteiger partial charge in [-0.25, -0.2) is 4.98 Å². The molecule has 1 amide bonds. The number of aromatic nitrogens is 3. The van der Waals surface area contributed by atoms with Crippen molar-refractivity contribution in [2.45, 2.75) is 12.8 Å². The van der Waals surface area contributed by atoms with Crippen LogP contribution in [0.1, 0.15) is 27.5 Å². The monoisotopic (exact) mass is 336 g/mol. The average molecular weight is 336 g/mol. The highest BCUT2D eigenvalue weighted by Crippen LogP contribution is 2.37. The SMILES string of the molecule is COC(=O)[C@@H]1CN(C(=O)c2cnc3n[nH]c(C)c3c2)c2ccccc21. The van der Waals surface area contributed by atoms with Crippen LogP contribution in [0.15, 0.2) is 36.5 Å². The molecule has 0 radical (unpaired) electrons. The first kappa shape index (κ1) is 15.3. The number of H-pyrrole nitrogens is 1. The van der Waals surface area contributed by atoms with Gasteiger partial charge in [-0.1, -0.05) is 18.2 Å². The second-order valence-corrected chi connectivity index (χ2v) is 5.99. The Labute approximate surface area is 143 Å². The summed E-state index contributed by atoms with van der Waals surface area (Å²) in [5.41, 5.74) is 3.41. The number of anilines is 1. The molecule has 1 aliphatic heterocycles. The molecule has 0 saturated carbocycles. The second-order valence-electron chi connectivity index (χ2n) is 5.99. The molecule has 0 unspecified atom stereocenters. The molecule has 3 heterocycles. The molecule has 0 fully saturated rings. The Hall–Kier alpha value is -3.22. The lowest BCUT2D eigenvalue weighted by molar-refractivity contribution is -0.141. The number of para-hydroxylation sites is 1. The molecule has 0 saturated heterocycles. The summed E-state index contributed by atoms with van der Waals surface area (Å²) in [6.07, 6.45) is 1.51. The number of carbonyl (C=O) groups excluding carboxylic acids is 2. The lowest BCUT2D eigenvalue weighted by Crippen LogP contribution is -2.31. The molecule has 1 aliphatic rings. The third-order valence-corrected chi connectivity index (χ3v) is 4.55. The van der Waals surface area contributed by atoms with Crippen LogP contribution in [0.5, 0.6) is 0 Å². The molecule has 7 heteroatoms. The maximum atomic E-state index is 13.0. The molecule has 25 heavy (non-hydrogen) atoms. The van der Waals surface area contributed by atoms with E-state index >= 15 is 0 Å². The number of rotatable bonds is 2. The minimum atomic E-state index is -0.475. The van der Waals surface area contributed by atoms with Crippen LogP contribution >= 0.6 is 0 Å². The van der Waals surface area contributed by atoms with Crippen molar-refractivity contribution in [1.82, 2.24) is 15.2 Å². The third-order valence-electron chi connectivity index (χ3n) is 4.55. The smallest absolute Gasteiger partial charge is 0.315 e. The summed E-state index contributed by atoms with van der Waals surface area (Å²) in [5.74, 6) is -1.02. The van der Waals surface area contributed by atoms with Crippen LogP contribution in [0.4, 0.5) is 5.69 Å². The van der Waals surface area contributed by atoms with Crippen LogP contribution in [0, 0.1) is 6.92 Å². The summed E-state index contributed by atoms with van der Waals surface area (Å²) in [4.78, 5) is 31.0. The second kappa shape index (κ2) is 5.70. The van der Waals surface area contributed by atoms with Crippen molar-refractivity contribution < 1.29 is 14.3 Å². The fourth-order valence-corrected chi connectivity index (χ4v) is 3.24. The summed E-state index contributed by atoms with van der Waals surface area (Å²) < 4.78 is 4.89. The molecule has 4 rings (SSSR count). The van der Waals surface area contributed by atoms with Gasteiger partial charge in [0.15, 0.2) is 5.65 Å². The molecule has 7 nitrogen and oxygen atoms in total. The Morgan fingerprint density at radius 2 is 2.12 bits per heavy atom. The molecule has 1 aromatic carbocycles. The van der Waals surface area contributed by atoms with Crippen molar-refractivity contribution in [1.29, 1.82) is 0 Å². The highest BCUT2D eigenvalue weighted by Gasteiger charge is 2.37. The number of esters is 1. The van der Waals surface area contributed by atoms with Gasteiger partial charge < -0.3 is 9.64 Å². The largest absolute Gasteiger partial charge is 0.468 e. The summed E-state index contributed by atoms with van der Waals surface area (Å²) >= 11 is 0. The lowest BCUT2D eigenvalue weighted by atomic mass is 10.0.